The van der Waals surface area contributed by atoms with Gasteiger partial charge in [0.15, 0.2) is 6.29 Å². The Morgan fingerprint density at radius 1 is 1.21 bits per heavy atom. The second kappa shape index (κ2) is 7.03. The number of halogens is 3. The number of hydrogen-bond donors (Lipinski definition) is 0. The minimum absolute atomic E-state index is 0.368. The molecule has 0 bridgehead atoms. The van der Waals surface area contributed by atoms with E-state index >= 15 is 0 Å². The van der Waals surface area contributed by atoms with Crippen molar-refractivity contribution in [3.05, 3.63) is 51.5 Å². The maximum Gasteiger partial charge on any atom is 0.416 e. The summed E-state index contributed by atoms with van der Waals surface area (Å²) >= 11 is 1.52. The van der Waals surface area contributed by atoms with Crippen molar-refractivity contribution in [2.75, 3.05) is 13.1 Å². The highest BCUT2D eigenvalue weighted by atomic mass is 32.1. The van der Waals surface area contributed by atoms with Crippen LogP contribution in [0.15, 0.2) is 29.6 Å². The molecule has 1 aromatic carbocycles. The molecular formula is C17H17F3N2OS. The average molecular weight is 354 g/mol. The minimum Gasteiger partial charge on any atom is -0.299 e. The summed E-state index contributed by atoms with van der Waals surface area (Å²) < 4.78 is 37.7. The van der Waals surface area contributed by atoms with E-state index in [1.165, 1.54) is 11.3 Å². The van der Waals surface area contributed by atoms with Crippen molar-refractivity contribution in [1.82, 2.24) is 9.88 Å². The van der Waals surface area contributed by atoms with E-state index in [1.807, 2.05) is 0 Å². The summed E-state index contributed by atoms with van der Waals surface area (Å²) in [5.41, 5.74) is 0.765. The number of benzene rings is 1. The first kappa shape index (κ1) is 17.1. The fourth-order valence-electron chi connectivity index (χ4n) is 2.94. The molecule has 0 unspecified atom stereocenters. The van der Waals surface area contributed by atoms with Crippen molar-refractivity contribution in [2.45, 2.75) is 31.5 Å². The van der Waals surface area contributed by atoms with Gasteiger partial charge in [-0.15, -0.1) is 11.3 Å². The van der Waals surface area contributed by atoms with Gasteiger partial charge in [0.05, 0.1) is 10.6 Å². The molecule has 3 rings (SSSR count). The van der Waals surface area contributed by atoms with Crippen molar-refractivity contribution in [1.29, 1.82) is 0 Å². The zero-order valence-electron chi connectivity index (χ0n) is 12.9. The summed E-state index contributed by atoms with van der Waals surface area (Å²) in [4.78, 5) is 17.3. The molecule has 1 fully saturated rings. The third-order valence-electron chi connectivity index (χ3n) is 4.28. The summed E-state index contributed by atoms with van der Waals surface area (Å²) in [5.74, 6) is 0.368. The fraction of sp³-hybridized carbons (Fsp3) is 0.412. The van der Waals surface area contributed by atoms with E-state index in [9.17, 15) is 18.0 Å². The Labute approximate surface area is 142 Å². The number of aldehydes is 1. The van der Waals surface area contributed by atoms with Crippen LogP contribution in [-0.4, -0.2) is 29.3 Å². The fourth-order valence-corrected chi connectivity index (χ4v) is 3.87. The van der Waals surface area contributed by atoms with Crippen LogP contribution in [-0.2, 0) is 12.7 Å². The Kier molecular flexibility index (Phi) is 5.01. The number of likely N-dealkylation sites (tertiary alicyclic amines) is 1. The van der Waals surface area contributed by atoms with Gasteiger partial charge in [-0.05, 0) is 43.6 Å². The first-order valence-corrected chi connectivity index (χ1v) is 8.63. The molecule has 0 saturated carbocycles. The molecule has 24 heavy (non-hydrogen) atoms. The highest BCUT2D eigenvalue weighted by Crippen LogP contribution is 2.31. The lowest BCUT2D eigenvalue weighted by Crippen LogP contribution is -2.32. The van der Waals surface area contributed by atoms with Gasteiger partial charge in [0.25, 0.3) is 0 Å². The van der Waals surface area contributed by atoms with Crippen LogP contribution < -0.4 is 0 Å². The average Bonchev–Trinajstić information content (AvgIpc) is 3.04. The summed E-state index contributed by atoms with van der Waals surface area (Å²) in [6.45, 7) is 2.41. The number of carbonyl (C=O) groups is 1. The zero-order valence-corrected chi connectivity index (χ0v) is 13.7. The van der Waals surface area contributed by atoms with Gasteiger partial charge < -0.3 is 0 Å². The van der Waals surface area contributed by atoms with Gasteiger partial charge in [-0.25, -0.2) is 4.98 Å². The maximum absolute atomic E-state index is 12.6. The zero-order chi connectivity index (χ0) is 17.2. The molecule has 2 heterocycles. The normalized spacial score (nSPS) is 17.1. The lowest BCUT2D eigenvalue weighted by Gasteiger charge is -2.31. The van der Waals surface area contributed by atoms with Crippen LogP contribution in [0.5, 0.6) is 0 Å². The molecule has 0 spiro atoms. The predicted octanol–water partition coefficient (Wildman–Crippen LogP) is 4.35. The SMILES string of the molecule is O=Cc1csc(C2CCN(Cc3ccc(C(F)(F)F)cc3)CC2)n1. The van der Waals surface area contributed by atoms with E-state index in [2.05, 4.69) is 9.88 Å². The quantitative estimate of drug-likeness (QED) is 0.765. The summed E-state index contributed by atoms with van der Waals surface area (Å²) in [6, 6.07) is 5.37. The van der Waals surface area contributed by atoms with Crippen molar-refractivity contribution < 1.29 is 18.0 Å². The first-order valence-electron chi connectivity index (χ1n) is 7.75. The van der Waals surface area contributed by atoms with E-state index in [-0.39, 0.29) is 0 Å². The lowest BCUT2D eigenvalue weighted by atomic mass is 9.97. The van der Waals surface area contributed by atoms with Crippen LogP contribution in [0, 0.1) is 0 Å². The van der Waals surface area contributed by atoms with Gasteiger partial charge in [-0.2, -0.15) is 13.2 Å². The maximum atomic E-state index is 12.6. The van der Waals surface area contributed by atoms with Crippen molar-refractivity contribution >= 4 is 17.6 Å². The van der Waals surface area contributed by atoms with Crippen LogP contribution >= 0.6 is 11.3 Å². The Balaban J connectivity index is 1.54. The van der Waals surface area contributed by atoms with Gasteiger partial charge in [0.1, 0.15) is 5.69 Å². The number of aromatic nitrogens is 1. The van der Waals surface area contributed by atoms with E-state index in [1.54, 1.807) is 17.5 Å². The monoisotopic (exact) mass is 354 g/mol. The molecular weight excluding hydrogens is 337 g/mol. The third kappa shape index (κ3) is 4.02. The Morgan fingerprint density at radius 2 is 1.88 bits per heavy atom. The molecule has 1 aliphatic heterocycles. The summed E-state index contributed by atoms with van der Waals surface area (Å²) in [6.07, 6.45) is -1.62. The number of nitrogens with zero attached hydrogens (tertiary/aromatic N) is 2. The molecule has 1 saturated heterocycles. The Hall–Kier alpha value is -1.73. The highest BCUT2D eigenvalue weighted by Gasteiger charge is 2.30. The smallest absolute Gasteiger partial charge is 0.299 e. The molecule has 3 nitrogen and oxygen atoms in total. The second-order valence-electron chi connectivity index (χ2n) is 5.97. The lowest BCUT2D eigenvalue weighted by molar-refractivity contribution is -0.137. The standard InChI is InChI=1S/C17H17F3N2OS/c18-17(19,20)14-3-1-12(2-4-14)9-22-7-5-13(6-8-22)16-21-15(10-23)11-24-16/h1-4,10-11,13H,5-9H2. The predicted molar refractivity (Wildman–Crippen MR) is 86.2 cm³/mol. The van der Waals surface area contributed by atoms with Gasteiger partial charge in [0.2, 0.25) is 0 Å². The van der Waals surface area contributed by atoms with Crippen LogP contribution in [0.4, 0.5) is 13.2 Å². The van der Waals surface area contributed by atoms with Gasteiger partial charge in [-0.1, -0.05) is 12.1 Å². The van der Waals surface area contributed by atoms with Crippen LogP contribution in [0.2, 0.25) is 0 Å². The number of carbonyl (C=O) groups excluding carboxylic acids is 1. The number of piperidine rings is 1. The molecule has 7 heteroatoms. The van der Waals surface area contributed by atoms with Crippen molar-refractivity contribution in [2.24, 2.45) is 0 Å². The van der Waals surface area contributed by atoms with Gasteiger partial charge in [0, 0.05) is 17.8 Å². The van der Waals surface area contributed by atoms with E-state index in [0.29, 0.717) is 18.2 Å². The second-order valence-corrected chi connectivity index (χ2v) is 6.86. The number of rotatable bonds is 4. The van der Waals surface area contributed by atoms with E-state index in [0.717, 1.165) is 54.9 Å². The topological polar surface area (TPSA) is 33.2 Å². The Bertz CT molecular complexity index is 689. The molecule has 128 valence electrons. The van der Waals surface area contributed by atoms with Crippen LogP contribution in [0.1, 0.15) is 45.4 Å². The third-order valence-corrected chi connectivity index (χ3v) is 5.31. The first-order chi connectivity index (χ1) is 11.5. The summed E-state index contributed by atoms with van der Waals surface area (Å²) in [5, 5.41) is 2.78. The number of alkyl halides is 3. The largest absolute Gasteiger partial charge is 0.416 e. The molecule has 2 aromatic rings. The summed E-state index contributed by atoms with van der Waals surface area (Å²) in [7, 11) is 0. The van der Waals surface area contributed by atoms with Gasteiger partial charge >= 0.3 is 6.18 Å². The number of hydrogen-bond acceptors (Lipinski definition) is 4. The molecule has 0 amide bonds. The molecule has 1 aliphatic rings. The van der Waals surface area contributed by atoms with Crippen LogP contribution in [0.25, 0.3) is 0 Å². The van der Waals surface area contributed by atoms with E-state index in [4.69, 9.17) is 0 Å². The molecule has 0 radical (unpaired) electrons. The van der Waals surface area contributed by atoms with E-state index < -0.39 is 11.7 Å². The van der Waals surface area contributed by atoms with Crippen LogP contribution in [0.3, 0.4) is 0 Å². The minimum atomic E-state index is -4.29. The molecule has 0 N–H and O–H groups in total. The Morgan fingerprint density at radius 3 is 2.42 bits per heavy atom. The highest BCUT2D eigenvalue weighted by molar-refractivity contribution is 7.09. The van der Waals surface area contributed by atoms with Gasteiger partial charge in [-0.3, -0.25) is 9.69 Å². The molecule has 0 aliphatic carbocycles. The molecule has 0 atom stereocenters. The number of thiazole rings is 1. The molecule has 1 aromatic heterocycles. The van der Waals surface area contributed by atoms with Crippen molar-refractivity contribution in [3.63, 3.8) is 0 Å². The van der Waals surface area contributed by atoms with Crippen molar-refractivity contribution in [3.8, 4) is 0 Å².